The molecule has 1 N–H and O–H groups in total. The van der Waals surface area contributed by atoms with Crippen molar-refractivity contribution in [2.24, 2.45) is 0 Å². The Labute approximate surface area is 186 Å². The Morgan fingerprint density at radius 1 is 1.06 bits per heavy atom. The molecule has 0 aliphatic heterocycles. The number of esters is 1. The maximum absolute atomic E-state index is 13.1. The molecule has 0 heterocycles. The fraction of sp³-hybridized carbons (Fsp3) is 0.375. The predicted octanol–water partition coefficient (Wildman–Crippen LogP) is 3.69. The number of nitrogens with one attached hydrogen (secondary N) is 1. The lowest BCUT2D eigenvalue weighted by atomic mass is 9.95. The van der Waals surface area contributed by atoms with E-state index >= 15 is 0 Å². The van der Waals surface area contributed by atoms with Gasteiger partial charge in [-0.2, -0.15) is 0 Å². The van der Waals surface area contributed by atoms with E-state index in [2.05, 4.69) is 5.32 Å². The molecule has 1 amide bonds. The second kappa shape index (κ2) is 10.7. The van der Waals surface area contributed by atoms with Gasteiger partial charge in [-0.25, -0.2) is 0 Å². The van der Waals surface area contributed by atoms with E-state index in [-0.39, 0.29) is 22.9 Å². The van der Waals surface area contributed by atoms with Crippen molar-refractivity contribution in [3.8, 4) is 0 Å². The van der Waals surface area contributed by atoms with Gasteiger partial charge in [0.25, 0.3) is 11.6 Å². The van der Waals surface area contributed by atoms with Gasteiger partial charge in [0.1, 0.15) is 0 Å². The summed E-state index contributed by atoms with van der Waals surface area (Å²) in [7, 11) is 0. The molecule has 0 radical (unpaired) electrons. The smallest absolute Gasteiger partial charge is 0.311 e. The predicted molar refractivity (Wildman–Crippen MR) is 117 cm³/mol. The van der Waals surface area contributed by atoms with Crippen LogP contribution in [0.1, 0.15) is 53.6 Å². The zero-order chi connectivity index (χ0) is 23.1. The van der Waals surface area contributed by atoms with E-state index in [1.54, 1.807) is 30.3 Å². The van der Waals surface area contributed by atoms with Crippen molar-refractivity contribution in [2.75, 3.05) is 0 Å². The third-order valence-corrected chi connectivity index (χ3v) is 5.54. The van der Waals surface area contributed by atoms with Gasteiger partial charge in [0.15, 0.2) is 0 Å². The molecule has 168 valence electrons. The maximum atomic E-state index is 13.1. The van der Waals surface area contributed by atoms with Gasteiger partial charge in [-0.3, -0.25) is 24.5 Å². The molecule has 0 bridgehead atoms. The fourth-order valence-electron chi connectivity index (χ4n) is 3.79. The first-order valence-corrected chi connectivity index (χ1v) is 10.7. The van der Waals surface area contributed by atoms with Crippen LogP contribution in [0.3, 0.4) is 0 Å². The number of para-hydroxylation sites is 1. The van der Waals surface area contributed by atoms with Gasteiger partial charge in [0.05, 0.1) is 11.3 Å². The summed E-state index contributed by atoms with van der Waals surface area (Å²) in [6.45, 7) is 1.87. The summed E-state index contributed by atoms with van der Waals surface area (Å²) < 4.78 is 5.32. The first-order chi connectivity index (χ1) is 15.3. The number of ketones is 1. The summed E-state index contributed by atoms with van der Waals surface area (Å²) in [5, 5.41) is 14.0. The molecule has 1 saturated carbocycles. The topological polar surface area (TPSA) is 116 Å². The monoisotopic (exact) mass is 438 g/mol. The number of carbonyl (C=O) groups excluding carboxylic acids is 3. The highest BCUT2D eigenvalue weighted by atomic mass is 16.6. The van der Waals surface area contributed by atoms with E-state index in [1.807, 2.05) is 6.92 Å². The Morgan fingerprint density at radius 3 is 2.38 bits per heavy atom. The second-order valence-electron chi connectivity index (χ2n) is 8.01. The number of amides is 1. The Kier molecular flexibility index (Phi) is 7.70. The Morgan fingerprint density at radius 2 is 1.72 bits per heavy atom. The maximum Gasteiger partial charge on any atom is 0.311 e. The molecule has 8 nitrogen and oxygen atoms in total. The van der Waals surface area contributed by atoms with Crippen molar-refractivity contribution >= 4 is 23.3 Å². The number of nitro benzene ring substituents is 1. The highest BCUT2D eigenvalue weighted by Crippen LogP contribution is 2.20. The Hall–Kier alpha value is -3.55. The Balaban J connectivity index is 1.78. The quantitative estimate of drug-likeness (QED) is 0.221. The Bertz CT molecular complexity index is 996. The second-order valence-corrected chi connectivity index (χ2v) is 8.01. The first-order valence-electron chi connectivity index (χ1n) is 10.7. The molecule has 0 saturated heterocycles. The van der Waals surface area contributed by atoms with Crippen LogP contribution in [0.2, 0.25) is 0 Å². The fourth-order valence-corrected chi connectivity index (χ4v) is 3.79. The molecule has 2 aromatic carbocycles. The van der Waals surface area contributed by atoms with Crippen LogP contribution in [-0.2, 0) is 20.7 Å². The molecule has 32 heavy (non-hydrogen) atoms. The number of hydrogen-bond acceptors (Lipinski definition) is 6. The van der Waals surface area contributed by atoms with Crippen molar-refractivity contribution in [1.29, 1.82) is 0 Å². The summed E-state index contributed by atoms with van der Waals surface area (Å²) in [6, 6.07) is 12.3. The number of aryl methyl sites for hydroxylation is 1. The van der Waals surface area contributed by atoms with Crippen LogP contribution in [0.4, 0.5) is 5.69 Å². The average molecular weight is 438 g/mol. The number of carbonyl (C=O) groups is 3. The lowest BCUT2D eigenvalue weighted by molar-refractivity contribution is -0.385. The number of Topliss-reactive ketones (excluding diaryl/α,β-unsaturated/α-hetero) is 1. The van der Waals surface area contributed by atoms with Gasteiger partial charge in [0, 0.05) is 23.2 Å². The third kappa shape index (κ3) is 6.00. The molecule has 0 aromatic heterocycles. The molecule has 1 fully saturated rings. The first kappa shape index (κ1) is 23.1. The van der Waals surface area contributed by atoms with Crippen LogP contribution in [0.25, 0.3) is 0 Å². The summed E-state index contributed by atoms with van der Waals surface area (Å²) in [6.07, 6.45) is 2.60. The number of ether oxygens (including phenoxy) is 1. The van der Waals surface area contributed by atoms with Crippen molar-refractivity contribution in [3.63, 3.8) is 0 Å². The summed E-state index contributed by atoms with van der Waals surface area (Å²) in [5.41, 5.74) is 1.12. The van der Waals surface area contributed by atoms with Gasteiger partial charge >= 0.3 is 5.97 Å². The number of rotatable bonds is 8. The van der Waals surface area contributed by atoms with Gasteiger partial charge in [-0.05, 0) is 19.8 Å². The molecular weight excluding hydrogens is 412 g/mol. The normalized spacial score (nSPS) is 14.9. The largest absolute Gasteiger partial charge is 0.443 e. The number of nitrogens with zero attached hydrogens (tertiary/aromatic N) is 1. The van der Waals surface area contributed by atoms with E-state index in [1.165, 1.54) is 18.2 Å². The minimum absolute atomic E-state index is 0.0709. The van der Waals surface area contributed by atoms with Crippen molar-refractivity contribution < 1.29 is 24.0 Å². The van der Waals surface area contributed by atoms with Gasteiger partial charge in [0.2, 0.25) is 11.9 Å². The van der Waals surface area contributed by atoms with Crippen LogP contribution in [-0.4, -0.2) is 34.7 Å². The van der Waals surface area contributed by atoms with Gasteiger partial charge < -0.3 is 10.1 Å². The standard InChI is InChI=1S/C24H26N2O6/c1-16-11-13-17(14-12-16)22(28)23(24(29)25-19-8-3-2-4-9-19)32-21(27)15-18-7-5-6-10-20(18)26(30)31/h5-7,10-14,19,23H,2-4,8-9,15H2,1H3,(H,25,29). The number of nitro groups is 1. The molecule has 2 aromatic rings. The molecular formula is C24H26N2O6. The van der Waals surface area contributed by atoms with Gasteiger partial charge in [-0.15, -0.1) is 0 Å². The molecule has 3 rings (SSSR count). The van der Waals surface area contributed by atoms with Crippen molar-refractivity contribution in [1.82, 2.24) is 5.32 Å². The third-order valence-electron chi connectivity index (χ3n) is 5.54. The highest BCUT2D eigenvalue weighted by molar-refractivity contribution is 6.13. The van der Waals surface area contributed by atoms with E-state index in [0.717, 1.165) is 37.7 Å². The zero-order valence-electron chi connectivity index (χ0n) is 17.9. The number of benzene rings is 2. The SMILES string of the molecule is Cc1ccc(C(=O)C(OC(=O)Cc2ccccc2[N+](=O)[O-])C(=O)NC2CCCCC2)cc1. The molecule has 1 unspecified atom stereocenters. The summed E-state index contributed by atoms with van der Waals surface area (Å²) in [4.78, 5) is 49.2. The minimum Gasteiger partial charge on any atom is -0.443 e. The van der Waals surface area contributed by atoms with Crippen LogP contribution >= 0.6 is 0 Å². The van der Waals surface area contributed by atoms with E-state index in [4.69, 9.17) is 4.74 Å². The van der Waals surface area contributed by atoms with Gasteiger partial charge in [-0.1, -0.05) is 67.3 Å². The van der Waals surface area contributed by atoms with Crippen LogP contribution in [0.5, 0.6) is 0 Å². The molecule has 1 aliphatic rings. The van der Waals surface area contributed by atoms with E-state index in [9.17, 15) is 24.5 Å². The summed E-state index contributed by atoms with van der Waals surface area (Å²) >= 11 is 0. The molecule has 0 spiro atoms. The van der Waals surface area contributed by atoms with Crippen LogP contribution in [0.15, 0.2) is 48.5 Å². The number of hydrogen-bond donors (Lipinski definition) is 1. The molecule has 1 aliphatic carbocycles. The van der Waals surface area contributed by atoms with Crippen molar-refractivity contribution in [2.45, 2.75) is 57.6 Å². The average Bonchev–Trinajstić information content (AvgIpc) is 2.78. The van der Waals surface area contributed by atoms with E-state index in [0.29, 0.717) is 0 Å². The lowest BCUT2D eigenvalue weighted by Crippen LogP contribution is -2.47. The molecule has 1 atom stereocenters. The molecule has 8 heteroatoms. The zero-order valence-corrected chi connectivity index (χ0v) is 17.9. The highest BCUT2D eigenvalue weighted by Gasteiger charge is 2.33. The lowest BCUT2D eigenvalue weighted by Gasteiger charge is -2.25. The summed E-state index contributed by atoms with van der Waals surface area (Å²) in [5.74, 6) is -2.18. The van der Waals surface area contributed by atoms with Crippen LogP contribution in [0, 0.1) is 17.0 Å². The minimum atomic E-state index is -1.66. The van der Waals surface area contributed by atoms with Crippen molar-refractivity contribution in [3.05, 3.63) is 75.3 Å². The van der Waals surface area contributed by atoms with Crippen LogP contribution < -0.4 is 5.32 Å². The van der Waals surface area contributed by atoms with E-state index < -0.39 is 35.1 Å².